The summed E-state index contributed by atoms with van der Waals surface area (Å²) in [6.45, 7) is 0.319. The topological polar surface area (TPSA) is 80.3 Å². The van der Waals surface area contributed by atoms with Crippen molar-refractivity contribution in [3.8, 4) is 5.75 Å². The molecule has 0 unspecified atom stereocenters. The summed E-state index contributed by atoms with van der Waals surface area (Å²) in [4.78, 5) is 18.8. The number of hydrogen-bond donors (Lipinski definition) is 0. The summed E-state index contributed by atoms with van der Waals surface area (Å²) in [6.07, 6.45) is 7.20. The van der Waals surface area contributed by atoms with Crippen LogP contribution in [0.25, 0.3) is 0 Å². The monoisotopic (exact) mass is 420 g/mol. The zero-order valence-electron chi connectivity index (χ0n) is 16.3. The molecule has 1 aliphatic heterocycles. The van der Waals surface area contributed by atoms with Crippen molar-refractivity contribution in [1.82, 2.24) is 9.88 Å². The molecule has 4 rings (SSSR count). The first-order chi connectivity index (χ1) is 14.7. The van der Waals surface area contributed by atoms with E-state index < -0.39 is 0 Å². The number of amides is 1. The average molecular weight is 420 g/mol. The maximum absolute atomic E-state index is 13.1. The Labute approximate surface area is 178 Å². The first-order valence-electron chi connectivity index (χ1n) is 9.37. The number of hydrogen-bond acceptors (Lipinski definition) is 7. The molecule has 1 aliphatic rings. The Morgan fingerprint density at radius 2 is 2.10 bits per heavy atom. The van der Waals surface area contributed by atoms with Gasteiger partial charge >= 0.3 is 0 Å². The number of methoxy groups -OCH3 is 1. The Hall–Kier alpha value is -3.39. The minimum absolute atomic E-state index is 0.0115. The Bertz CT molecular complexity index is 1030. The van der Waals surface area contributed by atoms with Crippen molar-refractivity contribution < 1.29 is 13.9 Å². The Morgan fingerprint density at radius 1 is 1.23 bits per heavy atom. The van der Waals surface area contributed by atoms with Crippen LogP contribution in [0.3, 0.4) is 0 Å². The molecule has 1 amide bonds. The van der Waals surface area contributed by atoms with Crippen molar-refractivity contribution in [1.29, 1.82) is 0 Å². The summed E-state index contributed by atoms with van der Waals surface area (Å²) in [6, 6.07) is 15.1. The van der Waals surface area contributed by atoms with Crippen molar-refractivity contribution in [2.75, 3.05) is 7.11 Å². The summed E-state index contributed by atoms with van der Waals surface area (Å²) in [5.74, 6) is 1.47. The normalized spacial score (nSPS) is 17.9. The highest BCUT2D eigenvalue weighted by atomic mass is 32.2. The number of thioether (sulfide) groups is 1. The predicted octanol–water partition coefficient (Wildman–Crippen LogP) is 3.76. The molecule has 0 radical (unpaired) electrons. The summed E-state index contributed by atoms with van der Waals surface area (Å²) in [5, 5.41) is 8.75. The number of ether oxygens (including phenoxy) is 1. The molecule has 1 aromatic carbocycles. The lowest BCUT2D eigenvalue weighted by Gasteiger charge is -2.14. The molecule has 1 saturated heterocycles. The summed E-state index contributed by atoms with van der Waals surface area (Å²) < 4.78 is 10.6. The highest BCUT2D eigenvalue weighted by Gasteiger charge is 2.38. The Balaban J connectivity index is 1.53. The number of benzene rings is 1. The van der Waals surface area contributed by atoms with E-state index in [1.165, 1.54) is 11.8 Å². The average Bonchev–Trinajstić information content (AvgIpc) is 3.39. The molecule has 152 valence electrons. The molecule has 0 aliphatic carbocycles. The third-order valence-electron chi connectivity index (χ3n) is 4.53. The second kappa shape index (κ2) is 9.41. The van der Waals surface area contributed by atoms with E-state index >= 15 is 0 Å². The van der Waals surface area contributed by atoms with Gasteiger partial charge in [0.05, 0.1) is 31.4 Å². The van der Waals surface area contributed by atoms with E-state index in [2.05, 4.69) is 15.2 Å². The van der Waals surface area contributed by atoms with Gasteiger partial charge < -0.3 is 9.15 Å². The van der Waals surface area contributed by atoms with E-state index in [0.29, 0.717) is 23.9 Å². The van der Waals surface area contributed by atoms with Gasteiger partial charge in [-0.2, -0.15) is 5.10 Å². The predicted molar refractivity (Wildman–Crippen MR) is 117 cm³/mol. The number of rotatable bonds is 7. The fourth-order valence-corrected chi connectivity index (χ4v) is 4.13. The van der Waals surface area contributed by atoms with Gasteiger partial charge in [-0.3, -0.25) is 14.7 Å². The molecule has 1 atom stereocenters. The molecule has 8 heteroatoms. The minimum atomic E-state index is -0.277. The fourth-order valence-electron chi connectivity index (χ4n) is 2.99. The number of pyridine rings is 1. The molecule has 0 saturated carbocycles. The quantitative estimate of drug-likeness (QED) is 0.429. The van der Waals surface area contributed by atoms with Crippen molar-refractivity contribution in [2.24, 2.45) is 10.2 Å². The van der Waals surface area contributed by atoms with Crippen LogP contribution in [0.5, 0.6) is 5.75 Å². The highest BCUT2D eigenvalue weighted by Crippen LogP contribution is 2.31. The third-order valence-corrected chi connectivity index (χ3v) is 5.69. The summed E-state index contributed by atoms with van der Waals surface area (Å²) in [5.41, 5.74) is 1.89. The van der Waals surface area contributed by atoms with Crippen molar-refractivity contribution >= 4 is 29.1 Å². The van der Waals surface area contributed by atoms with Crippen LogP contribution in [0.1, 0.15) is 16.9 Å². The van der Waals surface area contributed by atoms with E-state index in [9.17, 15) is 4.79 Å². The molecule has 0 bridgehead atoms. The van der Waals surface area contributed by atoms with Crippen molar-refractivity contribution in [3.05, 3.63) is 84.1 Å². The number of carbonyl (C=O) groups excluding carboxylic acids is 1. The number of carbonyl (C=O) groups is 1. The van der Waals surface area contributed by atoms with Crippen molar-refractivity contribution in [2.45, 2.75) is 18.2 Å². The van der Waals surface area contributed by atoms with Gasteiger partial charge in [-0.1, -0.05) is 30.0 Å². The molecule has 2 aromatic heterocycles. The smallest absolute Gasteiger partial charge is 0.242 e. The lowest BCUT2D eigenvalue weighted by Crippen LogP contribution is -2.32. The van der Waals surface area contributed by atoms with Crippen LogP contribution in [-0.2, 0) is 17.8 Å². The second-order valence-electron chi connectivity index (χ2n) is 6.58. The van der Waals surface area contributed by atoms with Crippen LogP contribution < -0.4 is 4.74 Å². The van der Waals surface area contributed by atoms with Crippen LogP contribution in [-0.4, -0.2) is 39.5 Å². The van der Waals surface area contributed by atoms with E-state index in [-0.39, 0.29) is 11.2 Å². The van der Waals surface area contributed by atoms with Gasteiger partial charge in [0.2, 0.25) is 5.91 Å². The van der Waals surface area contributed by atoms with Crippen LogP contribution in [0.4, 0.5) is 0 Å². The Morgan fingerprint density at radius 3 is 2.80 bits per heavy atom. The number of furan rings is 1. The maximum atomic E-state index is 13.1. The van der Waals surface area contributed by atoms with Gasteiger partial charge in [-0.25, -0.2) is 0 Å². The molecular weight excluding hydrogens is 400 g/mol. The lowest BCUT2D eigenvalue weighted by molar-refractivity contribution is -0.126. The highest BCUT2D eigenvalue weighted by molar-refractivity contribution is 8.15. The number of aromatic nitrogens is 1. The molecule has 3 aromatic rings. The third kappa shape index (κ3) is 4.77. The van der Waals surface area contributed by atoms with E-state index in [0.717, 1.165) is 16.9 Å². The number of nitrogens with zero attached hydrogens (tertiary/aromatic N) is 4. The van der Waals surface area contributed by atoms with E-state index in [4.69, 9.17) is 9.15 Å². The molecule has 3 heterocycles. The zero-order valence-corrected chi connectivity index (χ0v) is 17.2. The molecule has 0 spiro atoms. The second-order valence-corrected chi connectivity index (χ2v) is 7.75. The first-order valence-corrected chi connectivity index (χ1v) is 10.3. The number of amidine groups is 1. The SMILES string of the molecule is COc1ccc(C[C@H]2S/C(=N\N=C/c3cccnc3)N(Cc3ccco3)C2=O)cc1. The first kappa shape index (κ1) is 19.9. The molecule has 0 N–H and O–H groups in total. The fraction of sp³-hybridized carbons (Fsp3) is 0.182. The molecule has 7 nitrogen and oxygen atoms in total. The molecule has 30 heavy (non-hydrogen) atoms. The van der Waals surface area contributed by atoms with Crippen LogP contribution >= 0.6 is 11.8 Å². The summed E-state index contributed by atoms with van der Waals surface area (Å²) in [7, 11) is 1.63. The van der Waals surface area contributed by atoms with Gasteiger partial charge in [-0.15, -0.1) is 5.10 Å². The standard InChI is InChI=1S/C22H20N4O3S/c1-28-18-8-6-16(7-9-18)12-20-21(27)26(15-19-5-3-11-29-19)22(30-20)25-24-14-17-4-2-10-23-13-17/h2-11,13-14,20H,12,15H2,1H3/b24-14-,25-22-/t20-/m1/s1. The van der Waals surface area contributed by atoms with Gasteiger partial charge in [-0.05, 0) is 42.3 Å². The zero-order chi connectivity index (χ0) is 20.8. The van der Waals surface area contributed by atoms with Gasteiger partial charge in [0.1, 0.15) is 11.5 Å². The maximum Gasteiger partial charge on any atom is 0.242 e. The van der Waals surface area contributed by atoms with Crippen LogP contribution in [0.15, 0.2) is 81.8 Å². The van der Waals surface area contributed by atoms with E-state index in [1.807, 2.05) is 42.5 Å². The minimum Gasteiger partial charge on any atom is -0.497 e. The van der Waals surface area contributed by atoms with Crippen LogP contribution in [0.2, 0.25) is 0 Å². The van der Waals surface area contributed by atoms with Crippen LogP contribution in [0, 0.1) is 0 Å². The largest absolute Gasteiger partial charge is 0.497 e. The van der Waals surface area contributed by atoms with Crippen molar-refractivity contribution in [3.63, 3.8) is 0 Å². The lowest BCUT2D eigenvalue weighted by atomic mass is 10.1. The molecule has 1 fully saturated rings. The van der Waals surface area contributed by atoms with Gasteiger partial charge in [0, 0.05) is 18.0 Å². The van der Waals surface area contributed by atoms with Gasteiger partial charge in [0.15, 0.2) is 5.17 Å². The molecular formula is C22H20N4O3S. The summed E-state index contributed by atoms with van der Waals surface area (Å²) >= 11 is 1.41. The van der Waals surface area contributed by atoms with E-state index in [1.54, 1.807) is 42.9 Å². The Kier molecular flexibility index (Phi) is 6.24. The van der Waals surface area contributed by atoms with Gasteiger partial charge in [0.25, 0.3) is 0 Å².